The van der Waals surface area contributed by atoms with Crippen molar-refractivity contribution >= 4 is 5.78 Å². The molecule has 6 heteroatoms. The number of carbonyl (C=O) groups excluding carboxylic acids is 1. The van der Waals surface area contributed by atoms with Crippen LogP contribution in [-0.4, -0.2) is 46.3 Å². The number of halogens is 1. The number of fused-ring (bicyclic) bond motifs is 5. The van der Waals surface area contributed by atoms with Crippen LogP contribution in [0.4, 0.5) is 4.39 Å². The van der Waals surface area contributed by atoms with Crippen molar-refractivity contribution in [1.29, 1.82) is 0 Å². The Hall–Kier alpha value is -2.02. The molecule has 6 rings (SSSR count). The summed E-state index contributed by atoms with van der Waals surface area (Å²) < 4.78 is 27.8. The average molecular weight is 469 g/mol. The molecule has 1 saturated heterocycles. The Morgan fingerprint density at radius 1 is 1.18 bits per heavy atom. The molecular weight excluding hydrogens is 435 g/mol. The SMILES string of the molecule is C[C@@H]1C[C@H]2[C@@H]3C[C@H](F)C4=CC(=O)C=C[C@]4(C)[C@H]3[C@@H](O)C[C@]2(C)[C@@]1(O)C1(Oc2ccccc2)CO1. The van der Waals surface area contributed by atoms with Gasteiger partial charge in [0.25, 0.3) is 5.79 Å². The number of ketones is 1. The molecule has 10 atom stereocenters. The first-order chi connectivity index (χ1) is 16.1. The molecule has 4 aliphatic carbocycles. The summed E-state index contributed by atoms with van der Waals surface area (Å²) in [6.07, 6.45) is 4.05. The van der Waals surface area contributed by atoms with Crippen LogP contribution in [0.25, 0.3) is 0 Å². The molecule has 5 aliphatic rings. The molecule has 0 spiro atoms. The molecule has 1 unspecified atom stereocenters. The lowest BCUT2D eigenvalue weighted by molar-refractivity contribution is -0.236. The summed E-state index contributed by atoms with van der Waals surface area (Å²) in [4.78, 5) is 12.0. The minimum atomic E-state index is -1.34. The van der Waals surface area contributed by atoms with Gasteiger partial charge >= 0.3 is 0 Å². The third-order valence-corrected chi connectivity index (χ3v) is 10.1. The Bertz CT molecular complexity index is 1080. The second-order valence-electron chi connectivity index (χ2n) is 11.7. The van der Waals surface area contributed by atoms with Gasteiger partial charge in [0.2, 0.25) is 0 Å². The van der Waals surface area contributed by atoms with E-state index in [1.807, 2.05) is 51.1 Å². The number of hydrogen-bond donors (Lipinski definition) is 2. The van der Waals surface area contributed by atoms with Crippen molar-refractivity contribution in [3.05, 3.63) is 54.1 Å². The van der Waals surface area contributed by atoms with Crippen molar-refractivity contribution in [2.24, 2.45) is 34.5 Å². The number of epoxide rings is 1. The first-order valence-electron chi connectivity index (χ1n) is 12.4. The lowest BCUT2D eigenvalue weighted by Crippen LogP contribution is -2.66. The molecule has 1 aliphatic heterocycles. The number of carbonyl (C=O) groups is 1. The second-order valence-corrected chi connectivity index (χ2v) is 11.7. The van der Waals surface area contributed by atoms with Gasteiger partial charge < -0.3 is 19.7 Å². The maximum Gasteiger partial charge on any atom is 0.264 e. The first kappa shape index (κ1) is 22.4. The predicted octanol–water partition coefficient (Wildman–Crippen LogP) is 4.00. The number of rotatable bonds is 3. The van der Waals surface area contributed by atoms with Crippen LogP contribution in [-0.2, 0) is 9.53 Å². The standard InChI is InChI=1S/C28H33FO5/c1-16-11-20-19-13-22(29)21-12-17(30)9-10-25(21,2)24(19)23(31)14-26(20,3)28(16,32)27(15-33-27)34-18-7-5-4-6-8-18/h4-10,12,16,19-20,22-24,31-32H,11,13-15H2,1-3H3/t16-,19+,20+,22+,23+,24-,25+,26+,27?,28-/m1/s1. The van der Waals surface area contributed by atoms with Crippen LogP contribution in [0.3, 0.4) is 0 Å². The Labute approximate surface area is 199 Å². The fourth-order valence-corrected chi connectivity index (χ4v) is 8.58. The zero-order valence-corrected chi connectivity index (χ0v) is 19.9. The van der Waals surface area contributed by atoms with E-state index in [2.05, 4.69) is 0 Å². The number of aliphatic hydroxyl groups excluding tert-OH is 1. The van der Waals surface area contributed by atoms with Gasteiger partial charge in [-0.15, -0.1) is 0 Å². The third kappa shape index (κ3) is 2.68. The minimum absolute atomic E-state index is 0.0102. The fraction of sp³-hybridized carbons (Fsp3) is 0.607. The van der Waals surface area contributed by atoms with Gasteiger partial charge in [0.1, 0.15) is 24.1 Å². The van der Waals surface area contributed by atoms with Crippen LogP contribution in [0.15, 0.2) is 54.1 Å². The van der Waals surface area contributed by atoms with E-state index in [0.717, 1.165) is 0 Å². The van der Waals surface area contributed by atoms with Crippen molar-refractivity contribution in [2.45, 2.75) is 63.7 Å². The summed E-state index contributed by atoms with van der Waals surface area (Å²) in [7, 11) is 0. The highest BCUT2D eigenvalue weighted by atomic mass is 19.1. The van der Waals surface area contributed by atoms with Crippen molar-refractivity contribution < 1.29 is 28.9 Å². The maximum absolute atomic E-state index is 15.6. The normalized spacial score (nSPS) is 51.2. The third-order valence-electron chi connectivity index (χ3n) is 10.1. The number of benzene rings is 1. The summed E-state index contributed by atoms with van der Waals surface area (Å²) in [5.74, 6) is -1.27. The highest BCUT2D eigenvalue weighted by Crippen LogP contribution is 2.71. The van der Waals surface area contributed by atoms with E-state index in [9.17, 15) is 15.0 Å². The highest BCUT2D eigenvalue weighted by molar-refractivity contribution is 6.01. The molecule has 182 valence electrons. The molecule has 3 saturated carbocycles. The van der Waals surface area contributed by atoms with Gasteiger partial charge in [0, 0.05) is 16.7 Å². The van der Waals surface area contributed by atoms with Crippen LogP contribution in [0.1, 0.15) is 40.0 Å². The van der Waals surface area contributed by atoms with E-state index in [1.165, 1.54) is 12.2 Å². The van der Waals surface area contributed by atoms with Gasteiger partial charge in [0.05, 0.1) is 6.10 Å². The molecule has 0 bridgehead atoms. The molecule has 1 aromatic rings. The van der Waals surface area contributed by atoms with Crippen LogP contribution in [0, 0.1) is 34.5 Å². The lowest BCUT2D eigenvalue weighted by Gasteiger charge is -2.60. The maximum atomic E-state index is 15.6. The summed E-state index contributed by atoms with van der Waals surface area (Å²) in [6.45, 7) is 6.27. The van der Waals surface area contributed by atoms with Crippen LogP contribution in [0.5, 0.6) is 5.75 Å². The van der Waals surface area contributed by atoms with Crippen LogP contribution < -0.4 is 4.74 Å². The van der Waals surface area contributed by atoms with Gasteiger partial charge in [0.15, 0.2) is 5.78 Å². The number of ether oxygens (including phenoxy) is 2. The number of aliphatic hydroxyl groups is 2. The summed E-state index contributed by atoms with van der Waals surface area (Å²) >= 11 is 0. The van der Waals surface area contributed by atoms with Crippen molar-refractivity contribution in [3.8, 4) is 5.75 Å². The van der Waals surface area contributed by atoms with Crippen LogP contribution >= 0.6 is 0 Å². The second kappa shape index (κ2) is 7.02. The molecule has 2 N–H and O–H groups in total. The molecule has 0 aromatic heterocycles. The summed E-state index contributed by atoms with van der Waals surface area (Å²) in [5.41, 5.74) is -2.29. The summed E-state index contributed by atoms with van der Waals surface area (Å²) in [5, 5.41) is 24.1. The van der Waals surface area contributed by atoms with Gasteiger partial charge in [-0.3, -0.25) is 4.79 Å². The predicted molar refractivity (Wildman–Crippen MR) is 124 cm³/mol. The average Bonchev–Trinajstić information content (AvgIpc) is 3.54. The van der Waals surface area contributed by atoms with Crippen LogP contribution in [0.2, 0.25) is 0 Å². The molecule has 0 radical (unpaired) electrons. The zero-order chi connectivity index (χ0) is 24.1. The fourth-order valence-electron chi connectivity index (χ4n) is 8.58. The lowest BCUT2D eigenvalue weighted by atomic mass is 9.45. The van der Waals surface area contributed by atoms with E-state index >= 15 is 4.39 Å². The van der Waals surface area contributed by atoms with Gasteiger partial charge in [-0.05, 0) is 66.9 Å². The Balaban J connectivity index is 1.40. The van der Waals surface area contributed by atoms with Crippen molar-refractivity contribution in [3.63, 3.8) is 0 Å². The van der Waals surface area contributed by atoms with Crippen molar-refractivity contribution in [1.82, 2.24) is 0 Å². The molecule has 4 fully saturated rings. The molecule has 0 amide bonds. The molecular formula is C28H33FO5. The number of hydrogen-bond acceptors (Lipinski definition) is 5. The zero-order valence-electron chi connectivity index (χ0n) is 19.9. The summed E-state index contributed by atoms with van der Waals surface area (Å²) in [6, 6.07) is 9.36. The highest BCUT2D eigenvalue weighted by Gasteiger charge is 2.79. The van der Waals surface area contributed by atoms with E-state index in [0.29, 0.717) is 24.2 Å². The Kier molecular flexibility index (Phi) is 4.63. The van der Waals surface area contributed by atoms with Gasteiger partial charge in [-0.2, -0.15) is 0 Å². The van der Waals surface area contributed by atoms with E-state index in [4.69, 9.17) is 9.47 Å². The quantitative estimate of drug-likeness (QED) is 0.656. The monoisotopic (exact) mass is 468 g/mol. The molecule has 34 heavy (non-hydrogen) atoms. The largest absolute Gasteiger partial charge is 0.457 e. The molecule has 5 nitrogen and oxygen atoms in total. The van der Waals surface area contributed by atoms with Crippen molar-refractivity contribution in [2.75, 3.05) is 6.61 Å². The number of alkyl halides is 1. The smallest absolute Gasteiger partial charge is 0.264 e. The van der Waals surface area contributed by atoms with E-state index in [-0.39, 0.29) is 42.5 Å². The minimum Gasteiger partial charge on any atom is -0.457 e. The molecule has 1 heterocycles. The van der Waals surface area contributed by atoms with E-state index < -0.39 is 34.5 Å². The number of para-hydroxylation sites is 1. The number of allylic oxidation sites excluding steroid dienone is 4. The molecule has 1 aromatic carbocycles. The first-order valence-corrected chi connectivity index (χ1v) is 12.4. The Morgan fingerprint density at radius 2 is 1.88 bits per heavy atom. The van der Waals surface area contributed by atoms with Gasteiger partial charge in [-0.25, -0.2) is 4.39 Å². The van der Waals surface area contributed by atoms with Gasteiger partial charge in [-0.1, -0.05) is 45.0 Å². The Morgan fingerprint density at radius 3 is 2.56 bits per heavy atom. The van der Waals surface area contributed by atoms with E-state index in [1.54, 1.807) is 6.08 Å². The topological polar surface area (TPSA) is 79.3 Å².